The Hall–Kier alpha value is -2.87. The SMILES string of the molecule is CCC(c1ccccc1)N(Cc1ccc(C(=O)O)cc1OC)S(=O)(=O)c1ccc(Cl)cc1. The third-order valence-corrected chi connectivity index (χ3v) is 7.32. The number of rotatable bonds is 9. The summed E-state index contributed by atoms with van der Waals surface area (Å²) in [6, 6.07) is 19.4. The van der Waals surface area contributed by atoms with E-state index in [0.29, 0.717) is 22.8 Å². The first-order valence-electron chi connectivity index (χ1n) is 10.0. The lowest BCUT2D eigenvalue weighted by Gasteiger charge is -2.31. The number of carboxylic acids is 1. The molecule has 1 unspecified atom stereocenters. The fourth-order valence-electron chi connectivity index (χ4n) is 3.56. The van der Waals surface area contributed by atoms with Crippen molar-refractivity contribution in [2.75, 3.05) is 7.11 Å². The van der Waals surface area contributed by atoms with Gasteiger partial charge in [-0.05, 0) is 48.4 Å². The van der Waals surface area contributed by atoms with Gasteiger partial charge in [0.25, 0.3) is 0 Å². The minimum absolute atomic E-state index is 0.00142. The number of methoxy groups -OCH3 is 1. The molecule has 0 radical (unpaired) electrons. The molecule has 6 nitrogen and oxygen atoms in total. The van der Waals surface area contributed by atoms with E-state index in [9.17, 15) is 18.3 Å². The quantitative estimate of drug-likeness (QED) is 0.450. The van der Waals surface area contributed by atoms with Gasteiger partial charge in [-0.1, -0.05) is 54.9 Å². The van der Waals surface area contributed by atoms with E-state index in [4.69, 9.17) is 16.3 Å². The van der Waals surface area contributed by atoms with Gasteiger partial charge in [0.1, 0.15) is 5.75 Å². The van der Waals surface area contributed by atoms with Crippen LogP contribution >= 0.6 is 11.6 Å². The van der Waals surface area contributed by atoms with E-state index >= 15 is 0 Å². The van der Waals surface area contributed by atoms with Crippen LogP contribution in [0.15, 0.2) is 77.7 Å². The molecule has 0 saturated heterocycles. The molecule has 1 atom stereocenters. The van der Waals surface area contributed by atoms with Crippen molar-refractivity contribution in [3.63, 3.8) is 0 Å². The molecule has 0 saturated carbocycles. The number of ether oxygens (including phenoxy) is 1. The van der Waals surface area contributed by atoms with Crippen LogP contribution in [0, 0.1) is 0 Å². The van der Waals surface area contributed by atoms with E-state index in [0.717, 1.165) is 5.56 Å². The molecule has 0 heterocycles. The van der Waals surface area contributed by atoms with Crippen LogP contribution in [0.4, 0.5) is 0 Å². The van der Waals surface area contributed by atoms with Crippen molar-refractivity contribution in [3.8, 4) is 5.75 Å². The molecule has 1 N–H and O–H groups in total. The number of halogens is 1. The predicted octanol–water partition coefficient (Wildman–Crippen LogP) is 5.39. The van der Waals surface area contributed by atoms with Crippen molar-refractivity contribution in [2.24, 2.45) is 0 Å². The average molecular weight is 474 g/mol. The Labute approximate surface area is 193 Å². The number of benzene rings is 3. The van der Waals surface area contributed by atoms with Crippen LogP contribution in [-0.4, -0.2) is 30.9 Å². The molecular weight excluding hydrogens is 450 g/mol. The van der Waals surface area contributed by atoms with Gasteiger partial charge >= 0.3 is 5.97 Å². The van der Waals surface area contributed by atoms with Crippen LogP contribution in [0.1, 0.15) is 40.9 Å². The number of hydrogen-bond acceptors (Lipinski definition) is 4. The third-order valence-electron chi connectivity index (χ3n) is 5.20. The largest absolute Gasteiger partial charge is 0.496 e. The number of nitrogens with zero attached hydrogens (tertiary/aromatic N) is 1. The summed E-state index contributed by atoms with van der Waals surface area (Å²) in [4.78, 5) is 11.5. The minimum atomic E-state index is -3.92. The highest BCUT2D eigenvalue weighted by Crippen LogP contribution is 2.34. The Bertz CT molecular complexity index is 1180. The zero-order valence-electron chi connectivity index (χ0n) is 17.7. The number of carboxylic acid groups (broad SMARTS) is 1. The topological polar surface area (TPSA) is 83.9 Å². The van der Waals surface area contributed by atoms with Crippen LogP contribution in [0.2, 0.25) is 5.02 Å². The molecule has 3 aromatic rings. The van der Waals surface area contributed by atoms with E-state index in [1.165, 1.54) is 35.7 Å². The van der Waals surface area contributed by atoms with Crippen LogP contribution in [0.3, 0.4) is 0 Å². The summed E-state index contributed by atoms with van der Waals surface area (Å²) in [5.41, 5.74) is 1.48. The van der Waals surface area contributed by atoms with E-state index in [-0.39, 0.29) is 17.0 Å². The fraction of sp³-hybridized carbons (Fsp3) is 0.208. The summed E-state index contributed by atoms with van der Waals surface area (Å²) in [6.07, 6.45) is 0.534. The molecule has 168 valence electrons. The highest BCUT2D eigenvalue weighted by atomic mass is 35.5. The summed E-state index contributed by atoms with van der Waals surface area (Å²) in [5.74, 6) is -0.777. The van der Waals surface area contributed by atoms with Crippen LogP contribution < -0.4 is 4.74 Å². The minimum Gasteiger partial charge on any atom is -0.496 e. The maximum absolute atomic E-state index is 13.7. The van der Waals surface area contributed by atoms with Gasteiger partial charge in [0.05, 0.1) is 23.6 Å². The van der Waals surface area contributed by atoms with Crippen molar-refractivity contribution in [2.45, 2.75) is 30.8 Å². The van der Waals surface area contributed by atoms with Crippen LogP contribution in [0.5, 0.6) is 5.75 Å². The molecule has 0 amide bonds. The molecule has 0 aliphatic carbocycles. The molecule has 3 aromatic carbocycles. The molecule has 0 spiro atoms. The predicted molar refractivity (Wildman–Crippen MR) is 124 cm³/mol. The second-order valence-electron chi connectivity index (χ2n) is 7.17. The van der Waals surface area contributed by atoms with Gasteiger partial charge in [0, 0.05) is 17.1 Å². The zero-order valence-corrected chi connectivity index (χ0v) is 19.3. The van der Waals surface area contributed by atoms with E-state index < -0.39 is 22.0 Å². The van der Waals surface area contributed by atoms with E-state index in [1.54, 1.807) is 18.2 Å². The van der Waals surface area contributed by atoms with E-state index in [1.807, 2.05) is 37.3 Å². The normalized spacial score (nSPS) is 12.5. The summed E-state index contributed by atoms with van der Waals surface area (Å²) < 4.78 is 34.3. The van der Waals surface area contributed by atoms with Crippen molar-refractivity contribution >= 4 is 27.6 Å². The molecule has 0 aliphatic rings. The first-order valence-corrected chi connectivity index (χ1v) is 11.8. The lowest BCUT2D eigenvalue weighted by Crippen LogP contribution is -2.34. The lowest BCUT2D eigenvalue weighted by atomic mass is 10.0. The number of carbonyl (C=O) groups is 1. The van der Waals surface area contributed by atoms with Crippen molar-refractivity contribution in [1.82, 2.24) is 4.31 Å². The summed E-state index contributed by atoms with van der Waals surface area (Å²) >= 11 is 5.96. The molecular formula is C24H24ClNO5S. The summed E-state index contributed by atoms with van der Waals surface area (Å²) in [5, 5.41) is 9.72. The summed E-state index contributed by atoms with van der Waals surface area (Å²) in [7, 11) is -2.50. The van der Waals surface area contributed by atoms with Gasteiger partial charge < -0.3 is 9.84 Å². The summed E-state index contributed by atoms with van der Waals surface area (Å²) in [6.45, 7) is 1.92. The maximum atomic E-state index is 13.7. The molecule has 0 fully saturated rings. The Kier molecular flexibility index (Phi) is 7.56. The number of hydrogen-bond donors (Lipinski definition) is 1. The highest BCUT2D eigenvalue weighted by Gasteiger charge is 2.32. The van der Waals surface area contributed by atoms with Crippen LogP contribution in [-0.2, 0) is 16.6 Å². The maximum Gasteiger partial charge on any atom is 0.335 e. The molecule has 0 bridgehead atoms. The Balaban J connectivity index is 2.12. The smallest absolute Gasteiger partial charge is 0.335 e. The van der Waals surface area contributed by atoms with Gasteiger partial charge in [-0.3, -0.25) is 0 Å². The van der Waals surface area contributed by atoms with Gasteiger partial charge in [0.15, 0.2) is 0 Å². The van der Waals surface area contributed by atoms with Gasteiger partial charge in [-0.25, -0.2) is 13.2 Å². The Morgan fingerprint density at radius 1 is 1.06 bits per heavy atom. The highest BCUT2D eigenvalue weighted by molar-refractivity contribution is 7.89. The third kappa shape index (κ3) is 5.12. The number of aromatic carboxylic acids is 1. The zero-order chi connectivity index (χ0) is 23.3. The standard InChI is InChI=1S/C24H24ClNO5S/c1-3-22(17-7-5-4-6-8-17)26(32(29,30)21-13-11-20(25)12-14-21)16-19-10-9-18(24(27)28)15-23(19)31-2/h4-15,22H,3,16H2,1-2H3,(H,27,28). The Morgan fingerprint density at radius 2 is 1.72 bits per heavy atom. The molecule has 32 heavy (non-hydrogen) atoms. The first kappa shape index (κ1) is 23.8. The van der Waals surface area contributed by atoms with Gasteiger partial charge in [-0.2, -0.15) is 4.31 Å². The monoisotopic (exact) mass is 473 g/mol. The number of sulfonamides is 1. The Morgan fingerprint density at radius 3 is 2.28 bits per heavy atom. The molecule has 0 aromatic heterocycles. The molecule has 0 aliphatic heterocycles. The van der Waals surface area contributed by atoms with Crippen molar-refractivity contribution in [1.29, 1.82) is 0 Å². The van der Waals surface area contributed by atoms with Crippen LogP contribution in [0.25, 0.3) is 0 Å². The molecule has 3 rings (SSSR count). The fourth-order valence-corrected chi connectivity index (χ4v) is 5.35. The van der Waals surface area contributed by atoms with Gasteiger partial charge in [-0.15, -0.1) is 0 Å². The van der Waals surface area contributed by atoms with Crippen molar-refractivity contribution in [3.05, 3.63) is 94.5 Å². The second kappa shape index (κ2) is 10.2. The lowest BCUT2D eigenvalue weighted by molar-refractivity contribution is 0.0696. The molecule has 8 heteroatoms. The second-order valence-corrected chi connectivity index (χ2v) is 9.50. The van der Waals surface area contributed by atoms with Gasteiger partial charge in [0.2, 0.25) is 10.0 Å². The van der Waals surface area contributed by atoms with E-state index in [2.05, 4.69) is 0 Å². The first-order chi connectivity index (χ1) is 15.3. The van der Waals surface area contributed by atoms with Crippen molar-refractivity contribution < 1.29 is 23.1 Å². The average Bonchev–Trinajstić information content (AvgIpc) is 2.79.